The summed E-state index contributed by atoms with van der Waals surface area (Å²) in [7, 11) is 0. The Kier molecular flexibility index (Phi) is 2.32. The molecule has 0 aromatic heterocycles. The maximum absolute atomic E-state index is 10.5. The Morgan fingerprint density at radius 2 is 1.71 bits per heavy atom. The lowest BCUT2D eigenvalue weighted by Gasteiger charge is -2.25. The number of aliphatic hydroxyl groups is 1. The van der Waals surface area contributed by atoms with Gasteiger partial charge in [0.25, 0.3) is 0 Å². The summed E-state index contributed by atoms with van der Waals surface area (Å²) in [6.07, 6.45) is 7.82. The van der Waals surface area contributed by atoms with Crippen LogP contribution >= 0.6 is 11.8 Å². The van der Waals surface area contributed by atoms with Crippen molar-refractivity contribution in [2.24, 2.45) is 17.8 Å². The summed E-state index contributed by atoms with van der Waals surface area (Å²) in [6.45, 7) is 0. The maximum Gasteiger partial charge on any atom is 0.0713 e. The van der Waals surface area contributed by atoms with Gasteiger partial charge in [0.05, 0.1) is 5.60 Å². The van der Waals surface area contributed by atoms with E-state index in [0.29, 0.717) is 11.8 Å². The van der Waals surface area contributed by atoms with Crippen LogP contribution in [0.5, 0.6) is 0 Å². The fourth-order valence-electron chi connectivity index (χ4n) is 3.76. The highest BCUT2D eigenvalue weighted by atomic mass is 32.2. The average molecular weight is 212 g/mol. The van der Waals surface area contributed by atoms with Gasteiger partial charge in [-0.15, -0.1) is 0 Å². The smallest absolute Gasteiger partial charge is 0.0713 e. The molecule has 1 N–H and O–H groups in total. The van der Waals surface area contributed by atoms with Gasteiger partial charge >= 0.3 is 0 Å². The average Bonchev–Trinajstić information content (AvgIpc) is 2.64. The third-order valence-corrected chi connectivity index (χ3v) is 5.70. The van der Waals surface area contributed by atoms with E-state index in [-0.39, 0.29) is 5.60 Å². The zero-order valence-corrected chi connectivity index (χ0v) is 9.56. The molecule has 2 heteroatoms. The Morgan fingerprint density at radius 3 is 2.36 bits per heavy atom. The van der Waals surface area contributed by atoms with Crippen molar-refractivity contribution in [3.05, 3.63) is 0 Å². The molecule has 0 aromatic rings. The van der Waals surface area contributed by atoms with Gasteiger partial charge in [0, 0.05) is 0 Å². The van der Waals surface area contributed by atoms with Crippen molar-refractivity contribution < 1.29 is 5.11 Å². The van der Waals surface area contributed by atoms with Crippen LogP contribution in [0.4, 0.5) is 0 Å². The van der Waals surface area contributed by atoms with Crippen molar-refractivity contribution in [2.75, 3.05) is 11.5 Å². The van der Waals surface area contributed by atoms with Crippen molar-refractivity contribution >= 4 is 11.8 Å². The molecule has 0 radical (unpaired) electrons. The lowest BCUT2D eigenvalue weighted by atomic mass is 9.91. The van der Waals surface area contributed by atoms with Gasteiger partial charge in [-0.05, 0) is 61.4 Å². The van der Waals surface area contributed by atoms with E-state index < -0.39 is 0 Å². The molecular weight excluding hydrogens is 192 g/mol. The molecule has 80 valence electrons. The van der Waals surface area contributed by atoms with Crippen LogP contribution < -0.4 is 0 Å². The molecule has 2 saturated carbocycles. The molecule has 3 rings (SSSR count). The molecular formula is C12H20OS. The zero-order chi connectivity index (χ0) is 9.60. The highest BCUT2D eigenvalue weighted by Crippen LogP contribution is 2.63. The lowest BCUT2D eigenvalue weighted by Crippen LogP contribution is -2.23. The molecule has 2 unspecified atom stereocenters. The molecule has 1 nitrogen and oxygen atoms in total. The zero-order valence-electron chi connectivity index (χ0n) is 8.74. The van der Waals surface area contributed by atoms with Crippen LogP contribution in [0.15, 0.2) is 0 Å². The second kappa shape index (κ2) is 3.41. The monoisotopic (exact) mass is 212 g/mol. The Balaban J connectivity index is 1.57. The summed E-state index contributed by atoms with van der Waals surface area (Å²) in [5.74, 6) is 4.91. The second-order valence-electron chi connectivity index (χ2n) is 5.39. The summed E-state index contributed by atoms with van der Waals surface area (Å²) in [5.41, 5.74) is -0.190. The van der Waals surface area contributed by atoms with Gasteiger partial charge in [0.15, 0.2) is 0 Å². The molecule has 14 heavy (non-hydrogen) atoms. The molecule has 2 atom stereocenters. The van der Waals surface area contributed by atoms with Gasteiger partial charge in [-0.3, -0.25) is 0 Å². The minimum Gasteiger partial charge on any atom is -0.389 e. The molecule has 3 aliphatic rings. The number of hydrogen-bond donors (Lipinski definition) is 1. The fraction of sp³-hybridized carbons (Fsp3) is 1.00. The lowest BCUT2D eigenvalue weighted by molar-refractivity contribution is 0.0759. The Labute approximate surface area is 90.7 Å². The first-order valence-corrected chi connectivity index (χ1v) is 7.26. The van der Waals surface area contributed by atoms with E-state index in [2.05, 4.69) is 11.8 Å². The molecule has 1 saturated heterocycles. The molecule has 1 aliphatic heterocycles. The van der Waals surface area contributed by atoms with Gasteiger partial charge in [-0.25, -0.2) is 0 Å². The number of thioether (sulfide) groups is 1. The van der Waals surface area contributed by atoms with Gasteiger partial charge < -0.3 is 5.11 Å². The van der Waals surface area contributed by atoms with Gasteiger partial charge in [0.1, 0.15) is 0 Å². The van der Waals surface area contributed by atoms with Crippen molar-refractivity contribution in [2.45, 2.75) is 44.1 Å². The van der Waals surface area contributed by atoms with Crippen molar-refractivity contribution in [3.63, 3.8) is 0 Å². The minimum absolute atomic E-state index is 0.190. The van der Waals surface area contributed by atoms with Crippen LogP contribution in [0.1, 0.15) is 38.5 Å². The van der Waals surface area contributed by atoms with E-state index >= 15 is 0 Å². The van der Waals surface area contributed by atoms with Gasteiger partial charge in [0.2, 0.25) is 0 Å². The van der Waals surface area contributed by atoms with Crippen molar-refractivity contribution in [1.29, 1.82) is 0 Å². The highest BCUT2D eigenvalue weighted by molar-refractivity contribution is 7.99. The molecule has 0 spiro atoms. The molecule has 0 bridgehead atoms. The van der Waals surface area contributed by atoms with E-state index in [1.807, 2.05) is 0 Å². The Morgan fingerprint density at radius 1 is 1.07 bits per heavy atom. The van der Waals surface area contributed by atoms with Gasteiger partial charge in [-0.1, -0.05) is 6.42 Å². The number of rotatable bonds is 2. The van der Waals surface area contributed by atoms with Crippen molar-refractivity contribution in [1.82, 2.24) is 0 Å². The van der Waals surface area contributed by atoms with Crippen LogP contribution in [0.25, 0.3) is 0 Å². The largest absolute Gasteiger partial charge is 0.389 e. The molecule has 2 aliphatic carbocycles. The predicted octanol–water partition coefficient (Wildman–Crippen LogP) is 2.68. The summed E-state index contributed by atoms with van der Waals surface area (Å²) in [4.78, 5) is 0. The number of hydrogen-bond acceptors (Lipinski definition) is 2. The summed E-state index contributed by atoms with van der Waals surface area (Å²) in [6, 6.07) is 0. The van der Waals surface area contributed by atoms with Crippen LogP contribution in [0.3, 0.4) is 0 Å². The molecule has 3 fully saturated rings. The first kappa shape index (κ1) is 9.53. The fourth-order valence-corrected chi connectivity index (χ4v) is 4.97. The Bertz CT molecular complexity index is 212. The van der Waals surface area contributed by atoms with E-state index in [1.54, 1.807) is 0 Å². The minimum atomic E-state index is -0.190. The van der Waals surface area contributed by atoms with Crippen LogP contribution in [-0.4, -0.2) is 22.2 Å². The third kappa shape index (κ3) is 1.42. The van der Waals surface area contributed by atoms with Crippen LogP contribution in [0.2, 0.25) is 0 Å². The second-order valence-corrected chi connectivity index (χ2v) is 6.62. The SMILES string of the molecule is OC1(CC2CCSCC2)C2CCCC21. The van der Waals surface area contributed by atoms with Crippen LogP contribution in [0, 0.1) is 17.8 Å². The summed E-state index contributed by atoms with van der Waals surface area (Å²) >= 11 is 2.08. The van der Waals surface area contributed by atoms with E-state index in [4.69, 9.17) is 0 Å². The molecule has 0 aromatic carbocycles. The topological polar surface area (TPSA) is 20.2 Å². The number of fused-ring (bicyclic) bond motifs is 1. The van der Waals surface area contributed by atoms with E-state index in [0.717, 1.165) is 12.3 Å². The highest BCUT2D eigenvalue weighted by Gasteiger charge is 2.65. The standard InChI is InChI=1S/C12H20OS/c13-12(10-2-1-3-11(10)12)8-9-4-6-14-7-5-9/h9-11,13H,1-8H2. The first-order chi connectivity index (χ1) is 6.81. The summed E-state index contributed by atoms with van der Waals surface area (Å²) < 4.78 is 0. The van der Waals surface area contributed by atoms with Gasteiger partial charge in [-0.2, -0.15) is 11.8 Å². The quantitative estimate of drug-likeness (QED) is 0.759. The first-order valence-electron chi connectivity index (χ1n) is 6.11. The Hall–Kier alpha value is 0.310. The van der Waals surface area contributed by atoms with Crippen LogP contribution in [-0.2, 0) is 0 Å². The van der Waals surface area contributed by atoms with Crippen molar-refractivity contribution in [3.8, 4) is 0 Å². The maximum atomic E-state index is 10.5. The third-order valence-electron chi connectivity index (χ3n) is 4.65. The normalized spacial score (nSPS) is 47.8. The predicted molar refractivity (Wildman–Crippen MR) is 60.4 cm³/mol. The van der Waals surface area contributed by atoms with E-state index in [9.17, 15) is 5.11 Å². The molecule has 1 heterocycles. The molecule has 0 amide bonds. The van der Waals surface area contributed by atoms with E-state index in [1.165, 1.54) is 43.6 Å². The summed E-state index contributed by atoms with van der Waals surface area (Å²) in [5, 5.41) is 10.5.